The summed E-state index contributed by atoms with van der Waals surface area (Å²) in [5, 5.41) is 2.50. The predicted octanol–water partition coefficient (Wildman–Crippen LogP) is 8.85. The van der Waals surface area contributed by atoms with Gasteiger partial charge in [0, 0.05) is 0 Å². The van der Waals surface area contributed by atoms with Crippen molar-refractivity contribution in [3.8, 4) is 44.8 Å². The molecule has 2 aromatic heterocycles. The number of benzene rings is 5. The van der Waals surface area contributed by atoms with Gasteiger partial charge in [-0.1, -0.05) is 24.3 Å². The van der Waals surface area contributed by atoms with Crippen LogP contribution < -0.4 is 0 Å². The Morgan fingerprint density at radius 3 is 2.18 bits per heavy atom. The summed E-state index contributed by atoms with van der Waals surface area (Å²) in [7, 11) is 0. The van der Waals surface area contributed by atoms with Crippen molar-refractivity contribution in [1.29, 1.82) is 0 Å². The van der Waals surface area contributed by atoms with Crippen LogP contribution >= 0.6 is 0 Å². The van der Waals surface area contributed by atoms with E-state index in [1.807, 2.05) is 0 Å². The number of hydrogen-bond donors (Lipinski definition) is 0. The Bertz CT molecular complexity index is 2040. The molecule has 3 heteroatoms. The third-order valence-corrected chi connectivity index (χ3v) is 9.95. The van der Waals surface area contributed by atoms with Crippen molar-refractivity contribution in [2.45, 2.75) is 19.3 Å². The number of nitrogens with zero attached hydrogens (tertiary/aromatic N) is 2. The maximum absolute atomic E-state index is 5.13. The van der Waals surface area contributed by atoms with Gasteiger partial charge in [-0.15, -0.1) is 0 Å². The second kappa shape index (κ2) is 8.41. The molecule has 5 aromatic carbocycles. The Morgan fingerprint density at radius 1 is 0.615 bits per heavy atom. The van der Waals surface area contributed by atoms with Crippen LogP contribution in [0.1, 0.15) is 25.0 Å². The molecule has 0 radical (unpaired) electrons. The van der Waals surface area contributed by atoms with E-state index in [4.69, 9.17) is 4.98 Å². The summed E-state index contributed by atoms with van der Waals surface area (Å²) in [6.07, 6.45) is 2.19. The molecular weight excluding hydrogens is 539 g/mol. The Balaban J connectivity index is 1.21. The first-order valence-electron chi connectivity index (χ1n) is 13.4. The first-order valence-corrected chi connectivity index (χ1v) is 15.2. The van der Waals surface area contributed by atoms with Crippen LogP contribution in [0.25, 0.3) is 60.1 Å². The summed E-state index contributed by atoms with van der Waals surface area (Å²) in [6, 6.07) is 40.1. The molecule has 186 valence electrons. The minimum absolute atomic E-state index is 0.00285. The predicted molar refractivity (Wildman–Crippen MR) is 164 cm³/mol. The summed E-state index contributed by atoms with van der Waals surface area (Å²) >= 11 is 0.262. The van der Waals surface area contributed by atoms with Crippen LogP contribution in [-0.2, 0) is 5.41 Å². The molecule has 2 nitrogen and oxygen atoms in total. The van der Waals surface area contributed by atoms with E-state index >= 15 is 0 Å². The van der Waals surface area contributed by atoms with Crippen molar-refractivity contribution >= 4 is 29.8 Å². The van der Waals surface area contributed by atoms with Crippen LogP contribution in [0.15, 0.2) is 120 Å². The van der Waals surface area contributed by atoms with Gasteiger partial charge in [-0.05, 0) is 0 Å². The summed E-state index contributed by atoms with van der Waals surface area (Å²) in [5.41, 5.74) is 12.6. The first kappa shape index (κ1) is 22.8. The van der Waals surface area contributed by atoms with Crippen LogP contribution in [0.5, 0.6) is 0 Å². The van der Waals surface area contributed by atoms with E-state index in [0.29, 0.717) is 0 Å². The quantitative estimate of drug-likeness (QED) is 0.196. The molecule has 0 saturated carbocycles. The summed E-state index contributed by atoms with van der Waals surface area (Å²) in [5.74, 6) is 0. The molecule has 1 aliphatic carbocycles. The van der Waals surface area contributed by atoms with E-state index in [-0.39, 0.29) is 19.9 Å². The van der Waals surface area contributed by atoms with Gasteiger partial charge in [0.15, 0.2) is 0 Å². The molecule has 1 aliphatic rings. The van der Waals surface area contributed by atoms with E-state index < -0.39 is 0 Å². The van der Waals surface area contributed by atoms with Gasteiger partial charge in [-0.2, -0.15) is 0 Å². The molecule has 0 spiro atoms. The third-order valence-electron chi connectivity index (χ3n) is 8.36. The van der Waals surface area contributed by atoms with Crippen LogP contribution in [0.3, 0.4) is 0 Å². The summed E-state index contributed by atoms with van der Waals surface area (Å²) in [4.78, 5) is 7.38. The monoisotopic (exact) mass is 566 g/mol. The van der Waals surface area contributed by atoms with Crippen molar-refractivity contribution in [1.82, 2.24) is 9.38 Å². The van der Waals surface area contributed by atoms with Gasteiger partial charge in [0.2, 0.25) is 0 Å². The van der Waals surface area contributed by atoms with Crippen molar-refractivity contribution in [3.63, 3.8) is 0 Å². The van der Waals surface area contributed by atoms with E-state index in [0.717, 1.165) is 10.2 Å². The van der Waals surface area contributed by atoms with E-state index in [1.165, 1.54) is 61.0 Å². The van der Waals surface area contributed by atoms with Gasteiger partial charge < -0.3 is 0 Å². The molecule has 0 atom stereocenters. The molecule has 7 aromatic rings. The Hall–Kier alpha value is -4.17. The van der Waals surface area contributed by atoms with Gasteiger partial charge >= 0.3 is 210 Å². The topological polar surface area (TPSA) is 17.3 Å². The number of hydrogen-bond acceptors (Lipinski definition) is 1. The minimum atomic E-state index is 0.00285. The van der Waals surface area contributed by atoms with Gasteiger partial charge in [0.25, 0.3) is 0 Å². The number of aromatic nitrogens is 2. The Morgan fingerprint density at radius 2 is 1.31 bits per heavy atom. The number of fused-ring (bicyclic) bond motifs is 5. The van der Waals surface area contributed by atoms with E-state index in [1.54, 1.807) is 0 Å². The fourth-order valence-electron chi connectivity index (χ4n) is 6.30. The third kappa shape index (κ3) is 3.44. The SMILES string of the molecule is CC1(C)c2ccccc2-c2ccc(-c3ccc(-c4c(-c5ccc6ccccc6c5)nc5[se]ccn45)cc3)cc21. The fourth-order valence-corrected chi connectivity index (χ4v) is 7.80. The molecule has 0 amide bonds. The average Bonchev–Trinajstić information content (AvgIpc) is 3.64. The van der Waals surface area contributed by atoms with Gasteiger partial charge in [-0.3, -0.25) is 0 Å². The first-order chi connectivity index (χ1) is 19.1. The van der Waals surface area contributed by atoms with Crippen molar-refractivity contribution in [2.75, 3.05) is 0 Å². The van der Waals surface area contributed by atoms with Crippen LogP contribution in [0, 0.1) is 0 Å². The van der Waals surface area contributed by atoms with Gasteiger partial charge in [-0.25, -0.2) is 0 Å². The maximum atomic E-state index is 5.13. The average molecular weight is 566 g/mol. The van der Waals surface area contributed by atoms with Crippen LogP contribution in [0.2, 0.25) is 0 Å². The Kier molecular flexibility index (Phi) is 4.91. The summed E-state index contributed by atoms with van der Waals surface area (Å²) < 4.78 is 3.44. The zero-order valence-electron chi connectivity index (χ0n) is 21.8. The van der Waals surface area contributed by atoms with Gasteiger partial charge in [0.1, 0.15) is 0 Å². The second-order valence-corrected chi connectivity index (χ2v) is 12.8. The molecule has 8 rings (SSSR count). The second-order valence-electron chi connectivity index (χ2n) is 10.9. The molecule has 0 saturated heterocycles. The summed E-state index contributed by atoms with van der Waals surface area (Å²) in [6.45, 7) is 4.68. The molecule has 0 fully saturated rings. The van der Waals surface area contributed by atoms with E-state index in [2.05, 4.69) is 139 Å². The zero-order valence-corrected chi connectivity index (χ0v) is 23.6. The van der Waals surface area contributed by atoms with Crippen molar-refractivity contribution < 1.29 is 0 Å². The molecular formula is C36H26N2Se. The van der Waals surface area contributed by atoms with Crippen LogP contribution in [-0.4, -0.2) is 23.9 Å². The molecule has 2 heterocycles. The van der Waals surface area contributed by atoms with Crippen molar-refractivity contribution in [3.05, 3.63) is 131 Å². The molecule has 0 bridgehead atoms. The van der Waals surface area contributed by atoms with E-state index in [9.17, 15) is 0 Å². The number of rotatable bonds is 3. The molecule has 39 heavy (non-hydrogen) atoms. The molecule has 0 aliphatic heterocycles. The molecule has 0 unspecified atom stereocenters. The Labute approximate surface area is 234 Å². The zero-order chi connectivity index (χ0) is 26.1. The fraction of sp³-hybridized carbons (Fsp3) is 0.0833. The normalized spacial score (nSPS) is 13.6. The van der Waals surface area contributed by atoms with Crippen LogP contribution in [0.4, 0.5) is 0 Å². The van der Waals surface area contributed by atoms with Gasteiger partial charge in [0.05, 0.1) is 0 Å². The molecule has 0 N–H and O–H groups in total. The standard InChI is InChI=1S/C36H26N2Se/c1-36(2)31-10-6-5-9-29(31)30-18-17-27(22-32(30)36)24-11-14-25(15-12-24)34-33(37-35-38(34)19-20-39-35)28-16-13-23-7-3-4-8-26(23)21-28/h3-22H,1-2H3. The van der Waals surface area contributed by atoms with Crippen molar-refractivity contribution in [2.24, 2.45) is 0 Å². The number of imidazole rings is 1.